The highest BCUT2D eigenvalue weighted by atomic mass is 19.1. The van der Waals surface area contributed by atoms with Crippen molar-refractivity contribution in [2.75, 3.05) is 12.8 Å². The predicted molar refractivity (Wildman–Crippen MR) is 48.1 cm³/mol. The Kier molecular flexibility index (Phi) is 2.19. The molecule has 1 heterocycles. The number of hydrogen-bond acceptors (Lipinski definition) is 3. The number of nitrogen functional groups attached to an aromatic ring is 1. The second-order valence-corrected chi connectivity index (χ2v) is 3.80. The van der Waals surface area contributed by atoms with E-state index in [2.05, 4.69) is 5.10 Å². The Balaban J connectivity index is 3.30. The van der Waals surface area contributed by atoms with E-state index in [9.17, 15) is 4.39 Å². The van der Waals surface area contributed by atoms with Gasteiger partial charge in [-0.25, -0.2) is 4.68 Å². The van der Waals surface area contributed by atoms with Crippen molar-refractivity contribution in [1.29, 1.82) is 0 Å². The third-order valence-corrected chi connectivity index (χ3v) is 1.66. The lowest BCUT2D eigenvalue weighted by atomic mass is 10.1. The molecule has 0 radical (unpaired) electrons. The van der Waals surface area contributed by atoms with Gasteiger partial charge in [-0.05, 0) is 20.8 Å². The average molecular weight is 187 g/mol. The zero-order valence-electron chi connectivity index (χ0n) is 8.26. The lowest BCUT2D eigenvalue weighted by Crippen LogP contribution is -2.24. The maximum absolute atomic E-state index is 13.0. The first-order chi connectivity index (χ1) is 5.88. The summed E-state index contributed by atoms with van der Waals surface area (Å²) in [6.07, 6.45) is 0. The van der Waals surface area contributed by atoms with Gasteiger partial charge in [0.1, 0.15) is 0 Å². The molecule has 0 unspecified atom stereocenters. The monoisotopic (exact) mass is 187 g/mol. The minimum absolute atomic E-state index is 0.0441. The zero-order valence-corrected chi connectivity index (χ0v) is 8.26. The molecule has 0 bridgehead atoms. The van der Waals surface area contributed by atoms with Crippen LogP contribution in [0.5, 0.6) is 5.88 Å². The highest BCUT2D eigenvalue weighted by molar-refractivity contribution is 5.48. The number of rotatable bonds is 1. The largest absolute Gasteiger partial charge is 0.480 e. The summed E-state index contributed by atoms with van der Waals surface area (Å²) in [6, 6.07) is 0. The van der Waals surface area contributed by atoms with Gasteiger partial charge in [0.2, 0.25) is 5.88 Å². The number of hydrogen-bond donors (Lipinski definition) is 1. The van der Waals surface area contributed by atoms with Crippen LogP contribution in [0, 0.1) is 5.95 Å². The maximum Gasteiger partial charge on any atom is 0.259 e. The van der Waals surface area contributed by atoms with Crippen LogP contribution in [0.2, 0.25) is 0 Å². The molecular formula is C8H14FN3O. The molecule has 0 saturated heterocycles. The van der Waals surface area contributed by atoms with E-state index in [4.69, 9.17) is 10.5 Å². The van der Waals surface area contributed by atoms with Gasteiger partial charge >= 0.3 is 0 Å². The zero-order chi connectivity index (χ0) is 10.2. The summed E-state index contributed by atoms with van der Waals surface area (Å²) in [5, 5.41) is 3.65. The Morgan fingerprint density at radius 1 is 1.46 bits per heavy atom. The molecule has 0 saturated carbocycles. The van der Waals surface area contributed by atoms with Crippen molar-refractivity contribution in [1.82, 2.24) is 9.78 Å². The van der Waals surface area contributed by atoms with E-state index in [0.29, 0.717) is 0 Å². The summed E-state index contributed by atoms with van der Waals surface area (Å²) in [5.74, 6) is -0.420. The van der Waals surface area contributed by atoms with Crippen LogP contribution in [-0.4, -0.2) is 16.9 Å². The fourth-order valence-corrected chi connectivity index (χ4v) is 1.04. The molecule has 74 valence electrons. The van der Waals surface area contributed by atoms with Crippen molar-refractivity contribution >= 4 is 5.69 Å². The molecule has 4 nitrogen and oxygen atoms in total. The molecule has 0 aliphatic rings. The lowest BCUT2D eigenvalue weighted by molar-refractivity contribution is 0.279. The molecule has 0 amide bonds. The standard InChI is InChI=1S/C8H14FN3O/c1-8(2,3)12-7(13-4)5(10)6(9)11-12/h10H2,1-4H3. The topological polar surface area (TPSA) is 53.1 Å². The molecule has 0 atom stereocenters. The van der Waals surface area contributed by atoms with E-state index in [-0.39, 0.29) is 17.1 Å². The second kappa shape index (κ2) is 2.90. The average Bonchev–Trinajstić information content (AvgIpc) is 2.28. The molecule has 13 heavy (non-hydrogen) atoms. The Morgan fingerprint density at radius 3 is 2.31 bits per heavy atom. The fraction of sp³-hybridized carbons (Fsp3) is 0.625. The summed E-state index contributed by atoms with van der Waals surface area (Å²) < 4.78 is 19.4. The van der Waals surface area contributed by atoms with Gasteiger partial charge in [-0.1, -0.05) is 0 Å². The Hall–Kier alpha value is -1.26. The SMILES string of the molecule is COc1c(N)c(F)nn1C(C)(C)C. The summed E-state index contributed by atoms with van der Waals surface area (Å²) in [7, 11) is 1.44. The molecule has 1 aromatic rings. The first-order valence-corrected chi connectivity index (χ1v) is 3.96. The van der Waals surface area contributed by atoms with Crippen LogP contribution in [0.4, 0.5) is 10.1 Å². The van der Waals surface area contributed by atoms with Gasteiger partial charge < -0.3 is 10.5 Å². The van der Waals surface area contributed by atoms with Crippen LogP contribution in [0.25, 0.3) is 0 Å². The van der Waals surface area contributed by atoms with E-state index < -0.39 is 5.95 Å². The fourth-order valence-electron chi connectivity index (χ4n) is 1.04. The second-order valence-electron chi connectivity index (χ2n) is 3.80. The van der Waals surface area contributed by atoms with Gasteiger partial charge in [-0.3, -0.25) is 0 Å². The third-order valence-electron chi connectivity index (χ3n) is 1.66. The van der Waals surface area contributed by atoms with Crippen molar-refractivity contribution in [2.24, 2.45) is 0 Å². The molecule has 1 aromatic heterocycles. The number of halogens is 1. The molecule has 5 heteroatoms. The number of ether oxygens (including phenoxy) is 1. The summed E-state index contributed by atoms with van der Waals surface area (Å²) in [4.78, 5) is 0. The van der Waals surface area contributed by atoms with E-state index in [1.165, 1.54) is 11.8 Å². The van der Waals surface area contributed by atoms with Crippen molar-refractivity contribution < 1.29 is 9.13 Å². The van der Waals surface area contributed by atoms with Gasteiger partial charge in [0.15, 0.2) is 5.69 Å². The first kappa shape index (κ1) is 9.83. The van der Waals surface area contributed by atoms with Crippen molar-refractivity contribution in [3.63, 3.8) is 0 Å². The van der Waals surface area contributed by atoms with E-state index in [1.54, 1.807) is 0 Å². The quantitative estimate of drug-likeness (QED) is 0.722. The molecular weight excluding hydrogens is 173 g/mol. The van der Waals surface area contributed by atoms with Crippen molar-refractivity contribution in [3.05, 3.63) is 5.95 Å². The summed E-state index contributed by atoms with van der Waals surface area (Å²) >= 11 is 0. The van der Waals surface area contributed by atoms with Gasteiger partial charge in [-0.2, -0.15) is 4.39 Å². The van der Waals surface area contributed by atoms with Crippen LogP contribution < -0.4 is 10.5 Å². The first-order valence-electron chi connectivity index (χ1n) is 3.96. The van der Waals surface area contributed by atoms with Crippen LogP contribution in [0.15, 0.2) is 0 Å². The number of aromatic nitrogens is 2. The molecule has 0 aliphatic carbocycles. The highest BCUT2D eigenvalue weighted by Crippen LogP contribution is 2.29. The number of nitrogens with two attached hydrogens (primary N) is 1. The molecule has 0 spiro atoms. The number of methoxy groups -OCH3 is 1. The molecule has 1 rings (SSSR count). The van der Waals surface area contributed by atoms with Crippen LogP contribution >= 0.6 is 0 Å². The lowest BCUT2D eigenvalue weighted by Gasteiger charge is -2.20. The Labute approximate surface area is 76.5 Å². The van der Waals surface area contributed by atoms with Crippen LogP contribution in [-0.2, 0) is 5.54 Å². The van der Waals surface area contributed by atoms with Crippen LogP contribution in [0.1, 0.15) is 20.8 Å². The molecule has 2 N–H and O–H groups in total. The van der Waals surface area contributed by atoms with Crippen LogP contribution in [0.3, 0.4) is 0 Å². The summed E-state index contributed by atoms with van der Waals surface area (Å²) in [6.45, 7) is 5.67. The van der Waals surface area contributed by atoms with E-state index >= 15 is 0 Å². The van der Waals surface area contributed by atoms with Gasteiger partial charge in [-0.15, -0.1) is 5.10 Å². The highest BCUT2D eigenvalue weighted by Gasteiger charge is 2.24. The third kappa shape index (κ3) is 1.59. The van der Waals surface area contributed by atoms with Crippen molar-refractivity contribution in [2.45, 2.75) is 26.3 Å². The van der Waals surface area contributed by atoms with Crippen molar-refractivity contribution in [3.8, 4) is 5.88 Å². The minimum Gasteiger partial charge on any atom is -0.480 e. The smallest absolute Gasteiger partial charge is 0.259 e. The maximum atomic E-state index is 13.0. The number of anilines is 1. The number of nitrogens with zero attached hydrogens (tertiary/aromatic N) is 2. The minimum atomic E-state index is -0.688. The Morgan fingerprint density at radius 2 is 2.00 bits per heavy atom. The Bertz CT molecular complexity index is 314. The normalized spacial score (nSPS) is 11.8. The van der Waals surface area contributed by atoms with E-state index in [0.717, 1.165) is 0 Å². The van der Waals surface area contributed by atoms with Gasteiger partial charge in [0.25, 0.3) is 5.95 Å². The van der Waals surface area contributed by atoms with Gasteiger partial charge in [0.05, 0.1) is 12.6 Å². The van der Waals surface area contributed by atoms with Gasteiger partial charge in [0, 0.05) is 0 Å². The predicted octanol–water partition coefficient (Wildman–Crippen LogP) is 1.37. The molecule has 0 fully saturated rings. The summed E-state index contributed by atoms with van der Waals surface area (Å²) in [5.41, 5.74) is 5.04. The molecule has 0 aliphatic heterocycles. The van der Waals surface area contributed by atoms with E-state index in [1.807, 2.05) is 20.8 Å². The molecule has 0 aromatic carbocycles.